The SMILES string of the molecule is COC(=O)C1=C(COC(C)=O)CS[C@@H]2[C@H](N3C(=O)c4ccccc4C3=O)C(=O)N12. The Balaban J connectivity index is 1.65. The average Bonchev–Trinajstić information content (AvgIpc) is 2.96. The first-order chi connectivity index (χ1) is 13.9. The van der Waals surface area contributed by atoms with Gasteiger partial charge in [-0.05, 0) is 12.1 Å². The maximum absolute atomic E-state index is 13.0. The summed E-state index contributed by atoms with van der Waals surface area (Å²) >= 11 is 1.29. The fourth-order valence-electron chi connectivity index (χ4n) is 3.61. The van der Waals surface area contributed by atoms with Crippen LogP contribution in [0, 0.1) is 0 Å². The molecule has 10 heteroatoms. The molecule has 29 heavy (non-hydrogen) atoms. The van der Waals surface area contributed by atoms with Gasteiger partial charge in [-0.25, -0.2) is 4.79 Å². The average molecular weight is 416 g/mol. The van der Waals surface area contributed by atoms with Gasteiger partial charge in [0.05, 0.1) is 18.2 Å². The smallest absolute Gasteiger partial charge is 0.354 e. The summed E-state index contributed by atoms with van der Waals surface area (Å²) in [6.45, 7) is 1.09. The molecule has 3 heterocycles. The van der Waals surface area contributed by atoms with Crippen LogP contribution in [0.1, 0.15) is 27.6 Å². The number of rotatable bonds is 4. The van der Waals surface area contributed by atoms with Crippen LogP contribution in [0.4, 0.5) is 0 Å². The molecule has 0 spiro atoms. The maximum Gasteiger partial charge on any atom is 0.354 e. The first-order valence-electron chi connectivity index (χ1n) is 8.72. The van der Waals surface area contributed by atoms with E-state index in [4.69, 9.17) is 9.47 Å². The van der Waals surface area contributed by atoms with Crippen molar-refractivity contribution in [1.82, 2.24) is 9.80 Å². The van der Waals surface area contributed by atoms with Crippen LogP contribution in [0.15, 0.2) is 35.5 Å². The van der Waals surface area contributed by atoms with Crippen LogP contribution in [0.25, 0.3) is 0 Å². The van der Waals surface area contributed by atoms with Gasteiger partial charge in [-0.1, -0.05) is 12.1 Å². The van der Waals surface area contributed by atoms with E-state index in [0.717, 1.165) is 4.90 Å². The number of carbonyl (C=O) groups excluding carboxylic acids is 5. The molecular formula is C19H16N2O7S. The Morgan fingerprint density at radius 3 is 2.28 bits per heavy atom. The van der Waals surface area contributed by atoms with Crippen molar-refractivity contribution < 1.29 is 33.4 Å². The first kappa shape index (κ1) is 19.2. The van der Waals surface area contributed by atoms with E-state index in [1.54, 1.807) is 24.3 Å². The fraction of sp³-hybridized carbons (Fsp3) is 0.316. The van der Waals surface area contributed by atoms with Gasteiger partial charge in [0, 0.05) is 18.2 Å². The molecule has 0 aliphatic carbocycles. The Kier molecular flexibility index (Phi) is 4.65. The van der Waals surface area contributed by atoms with Gasteiger partial charge in [0.1, 0.15) is 23.7 Å². The summed E-state index contributed by atoms with van der Waals surface area (Å²) in [5, 5.41) is -0.611. The summed E-state index contributed by atoms with van der Waals surface area (Å²) in [7, 11) is 1.18. The molecule has 150 valence electrons. The van der Waals surface area contributed by atoms with Crippen molar-refractivity contribution in [3.8, 4) is 0 Å². The zero-order valence-corrected chi connectivity index (χ0v) is 16.4. The lowest BCUT2D eigenvalue weighted by atomic mass is 10.0. The Hall–Kier alpha value is -3.14. The first-order valence-corrected chi connectivity index (χ1v) is 9.77. The van der Waals surface area contributed by atoms with E-state index in [1.807, 2.05) is 0 Å². The summed E-state index contributed by atoms with van der Waals surface area (Å²) in [6.07, 6.45) is 0. The second kappa shape index (κ2) is 7.03. The highest BCUT2D eigenvalue weighted by Crippen LogP contribution is 2.44. The lowest BCUT2D eigenvalue weighted by molar-refractivity contribution is -0.153. The Labute approximate surface area is 169 Å². The van der Waals surface area contributed by atoms with E-state index < -0.39 is 41.1 Å². The van der Waals surface area contributed by atoms with Gasteiger partial charge in [0.2, 0.25) is 0 Å². The summed E-state index contributed by atoms with van der Waals surface area (Å²) in [4.78, 5) is 64.1. The minimum absolute atomic E-state index is 0.00430. The molecule has 0 saturated carbocycles. The Morgan fingerprint density at radius 2 is 1.72 bits per heavy atom. The van der Waals surface area contributed by atoms with Crippen LogP contribution in [0.3, 0.4) is 0 Å². The zero-order chi connectivity index (χ0) is 20.9. The molecule has 1 aromatic rings. The third-order valence-corrected chi connectivity index (χ3v) is 6.28. The van der Waals surface area contributed by atoms with E-state index in [0.29, 0.717) is 5.57 Å². The zero-order valence-electron chi connectivity index (χ0n) is 15.5. The van der Waals surface area contributed by atoms with E-state index in [-0.39, 0.29) is 29.2 Å². The predicted octanol–water partition coefficient (Wildman–Crippen LogP) is 0.556. The molecule has 0 N–H and O–H groups in total. The molecule has 2 atom stereocenters. The molecule has 3 aliphatic rings. The number of fused-ring (bicyclic) bond motifs is 2. The van der Waals surface area contributed by atoms with Gasteiger partial charge >= 0.3 is 11.9 Å². The highest BCUT2D eigenvalue weighted by Gasteiger charge is 2.60. The van der Waals surface area contributed by atoms with Crippen LogP contribution >= 0.6 is 11.8 Å². The minimum atomic E-state index is -1.01. The molecule has 0 aromatic heterocycles. The van der Waals surface area contributed by atoms with Crippen LogP contribution in [0.2, 0.25) is 0 Å². The van der Waals surface area contributed by atoms with Crippen LogP contribution in [-0.2, 0) is 23.9 Å². The second-order valence-corrected chi connectivity index (χ2v) is 7.71. The van der Waals surface area contributed by atoms with E-state index in [1.165, 1.54) is 30.7 Å². The minimum Gasteiger partial charge on any atom is -0.464 e. The highest BCUT2D eigenvalue weighted by atomic mass is 32.2. The number of esters is 2. The molecule has 0 unspecified atom stereocenters. The molecule has 3 amide bonds. The topological polar surface area (TPSA) is 110 Å². The lowest BCUT2D eigenvalue weighted by Crippen LogP contribution is -2.71. The number of hydrogen-bond donors (Lipinski definition) is 0. The summed E-state index contributed by atoms with van der Waals surface area (Å²) < 4.78 is 9.77. The number of amides is 3. The third-order valence-electron chi connectivity index (χ3n) is 4.95. The van der Waals surface area contributed by atoms with Crippen LogP contribution < -0.4 is 0 Å². The van der Waals surface area contributed by atoms with Crippen molar-refractivity contribution >= 4 is 41.4 Å². The number of hydrogen-bond acceptors (Lipinski definition) is 8. The van der Waals surface area contributed by atoms with Gasteiger partial charge in [0.25, 0.3) is 17.7 Å². The summed E-state index contributed by atoms with van der Waals surface area (Å²) in [5.74, 6) is -2.60. The van der Waals surface area contributed by atoms with Gasteiger partial charge in [-0.15, -0.1) is 11.8 Å². The molecule has 4 rings (SSSR count). The number of carbonyl (C=O) groups is 5. The summed E-state index contributed by atoms with van der Waals surface area (Å²) in [6, 6.07) is 5.37. The third kappa shape index (κ3) is 2.82. The molecule has 9 nitrogen and oxygen atoms in total. The second-order valence-electron chi connectivity index (χ2n) is 6.60. The number of benzene rings is 1. The maximum atomic E-state index is 13.0. The molecule has 0 bridgehead atoms. The Bertz CT molecular complexity index is 967. The number of imide groups is 1. The van der Waals surface area contributed by atoms with Crippen molar-refractivity contribution in [3.63, 3.8) is 0 Å². The normalized spacial score (nSPS) is 22.9. The van der Waals surface area contributed by atoms with Crippen LogP contribution in [-0.4, -0.2) is 70.3 Å². The number of methoxy groups -OCH3 is 1. The Morgan fingerprint density at radius 1 is 1.10 bits per heavy atom. The van der Waals surface area contributed by atoms with Crippen molar-refractivity contribution in [1.29, 1.82) is 0 Å². The van der Waals surface area contributed by atoms with Crippen molar-refractivity contribution in [2.24, 2.45) is 0 Å². The van der Waals surface area contributed by atoms with Crippen molar-refractivity contribution in [3.05, 3.63) is 46.7 Å². The largest absolute Gasteiger partial charge is 0.464 e. The molecule has 1 saturated heterocycles. The number of β-lactam (4-membered cyclic amide) rings is 1. The van der Waals surface area contributed by atoms with Crippen LogP contribution in [0.5, 0.6) is 0 Å². The number of thioether (sulfide) groups is 1. The van der Waals surface area contributed by atoms with E-state index in [2.05, 4.69) is 0 Å². The monoisotopic (exact) mass is 416 g/mol. The highest BCUT2D eigenvalue weighted by molar-refractivity contribution is 8.00. The van der Waals surface area contributed by atoms with Gasteiger partial charge < -0.3 is 9.47 Å². The number of ether oxygens (including phenoxy) is 2. The van der Waals surface area contributed by atoms with Gasteiger partial charge in [0.15, 0.2) is 0 Å². The molecule has 0 radical (unpaired) electrons. The molecule has 1 fully saturated rings. The molecular weight excluding hydrogens is 400 g/mol. The lowest BCUT2D eigenvalue weighted by Gasteiger charge is -2.51. The fourth-order valence-corrected chi connectivity index (χ4v) is 4.98. The van der Waals surface area contributed by atoms with Gasteiger partial charge in [-0.3, -0.25) is 29.0 Å². The van der Waals surface area contributed by atoms with E-state index in [9.17, 15) is 24.0 Å². The quantitative estimate of drug-likeness (QED) is 0.398. The van der Waals surface area contributed by atoms with Gasteiger partial charge in [-0.2, -0.15) is 0 Å². The van der Waals surface area contributed by atoms with E-state index >= 15 is 0 Å². The van der Waals surface area contributed by atoms with Crippen molar-refractivity contribution in [2.75, 3.05) is 19.5 Å². The standard InChI is InChI=1S/C19H16N2O7S/c1-9(22)28-7-10-8-29-18-14(17(25)21(18)13(10)19(26)27-2)20-15(23)11-5-3-4-6-12(11)16(20)24/h3-6,14,18H,7-8H2,1-2H3/t14-,18-/m1/s1. The predicted molar refractivity (Wildman–Crippen MR) is 99.5 cm³/mol. The summed E-state index contributed by atoms with van der Waals surface area (Å²) in [5.41, 5.74) is 0.936. The molecule has 1 aromatic carbocycles. The number of nitrogens with zero attached hydrogens (tertiary/aromatic N) is 2. The molecule has 3 aliphatic heterocycles. The van der Waals surface area contributed by atoms with Crippen molar-refractivity contribution in [2.45, 2.75) is 18.3 Å².